The molecule has 2 rings (SSSR count). The minimum absolute atomic E-state index is 0.266. The molecular formula is C12H12ClN3O. The number of aromatic nitrogens is 1. The van der Waals surface area contributed by atoms with Crippen LogP contribution < -0.4 is 11.1 Å². The van der Waals surface area contributed by atoms with E-state index >= 15 is 0 Å². The number of aromatic amines is 1. The molecular weight excluding hydrogens is 238 g/mol. The Labute approximate surface area is 104 Å². The zero-order valence-corrected chi connectivity index (χ0v) is 10.0. The van der Waals surface area contributed by atoms with E-state index in [0.717, 1.165) is 5.56 Å². The summed E-state index contributed by atoms with van der Waals surface area (Å²) in [7, 11) is 0. The van der Waals surface area contributed by atoms with Crippen LogP contribution in [0, 0.1) is 6.92 Å². The third-order valence-corrected chi connectivity index (χ3v) is 2.73. The summed E-state index contributed by atoms with van der Waals surface area (Å²) in [5, 5.41) is 3.26. The van der Waals surface area contributed by atoms with Crippen molar-refractivity contribution in [1.29, 1.82) is 0 Å². The zero-order valence-electron chi connectivity index (χ0n) is 9.25. The van der Waals surface area contributed by atoms with Crippen LogP contribution in [0.4, 0.5) is 11.4 Å². The third-order valence-electron chi connectivity index (χ3n) is 2.41. The van der Waals surface area contributed by atoms with Gasteiger partial charge in [0, 0.05) is 11.9 Å². The van der Waals surface area contributed by atoms with Gasteiger partial charge in [0.2, 0.25) is 0 Å². The SMILES string of the molecule is Cc1cccc(Cl)c1NC(=O)c1cc(N)c[nH]1. The minimum Gasteiger partial charge on any atom is -0.397 e. The summed E-state index contributed by atoms with van der Waals surface area (Å²) in [5.74, 6) is -0.266. The lowest BCUT2D eigenvalue weighted by Crippen LogP contribution is -2.13. The van der Waals surface area contributed by atoms with E-state index in [4.69, 9.17) is 17.3 Å². The molecule has 0 atom stereocenters. The maximum Gasteiger partial charge on any atom is 0.272 e. The largest absolute Gasteiger partial charge is 0.397 e. The predicted octanol–water partition coefficient (Wildman–Crippen LogP) is 2.81. The lowest BCUT2D eigenvalue weighted by molar-refractivity contribution is 0.102. The van der Waals surface area contributed by atoms with Crippen molar-refractivity contribution in [1.82, 2.24) is 4.98 Å². The Kier molecular flexibility index (Phi) is 3.06. The maximum atomic E-state index is 11.9. The average molecular weight is 250 g/mol. The lowest BCUT2D eigenvalue weighted by Gasteiger charge is -2.09. The Morgan fingerprint density at radius 2 is 2.24 bits per heavy atom. The van der Waals surface area contributed by atoms with E-state index in [1.807, 2.05) is 19.1 Å². The molecule has 0 aliphatic heterocycles. The zero-order chi connectivity index (χ0) is 12.4. The fraction of sp³-hybridized carbons (Fsp3) is 0.0833. The Hall–Kier alpha value is -1.94. The molecule has 1 aromatic carbocycles. The summed E-state index contributed by atoms with van der Waals surface area (Å²) in [6, 6.07) is 7.01. The lowest BCUT2D eigenvalue weighted by atomic mass is 10.2. The molecule has 1 aromatic heterocycles. The molecule has 2 aromatic rings. The molecule has 4 nitrogen and oxygen atoms in total. The molecule has 17 heavy (non-hydrogen) atoms. The summed E-state index contributed by atoms with van der Waals surface area (Å²) in [6.07, 6.45) is 1.56. The maximum absolute atomic E-state index is 11.9. The molecule has 1 amide bonds. The molecule has 0 saturated carbocycles. The van der Waals surface area contributed by atoms with Crippen molar-refractivity contribution in [3.63, 3.8) is 0 Å². The van der Waals surface area contributed by atoms with E-state index in [1.165, 1.54) is 0 Å². The van der Waals surface area contributed by atoms with Crippen molar-refractivity contribution < 1.29 is 4.79 Å². The van der Waals surface area contributed by atoms with E-state index in [9.17, 15) is 4.79 Å². The van der Waals surface area contributed by atoms with E-state index < -0.39 is 0 Å². The fourth-order valence-corrected chi connectivity index (χ4v) is 1.78. The number of nitrogen functional groups attached to an aromatic ring is 1. The molecule has 88 valence electrons. The molecule has 0 aliphatic rings. The summed E-state index contributed by atoms with van der Waals surface area (Å²) in [5.41, 5.74) is 7.98. The van der Waals surface area contributed by atoms with Crippen LogP contribution in [0.5, 0.6) is 0 Å². The molecule has 0 spiro atoms. The first kappa shape index (κ1) is 11.5. The summed E-state index contributed by atoms with van der Waals surface area (Å²) in [6.45, 7) is 1.88. The molecule has 0 saturated heterocycles. The molecule has 5 heteroatoms. The van der Waals surface area contributed by atoms with Gasteiger partial charge in [-0.3, -0.25) is 4.79 Å². The van der Waals surface area contributed by atoms with Crippen LogP contribution >= 0.6 is 11.6 Å². The molecule has 4 N–H and O–H groups in total. The molecule has 0 unspecified atom stereocenters. The number of amides is 1. The van der Waals surface area contributed by atoms with Crippen LogP contribution in [0.1, 0.15) is 16.1 Å². The minimum atomic E-state index is -0.266. The summed E-state index contributed by atoms with van der Waals surface area (Å²) >= 11 is 6.02. The number of rotatable bonds is 2. The molecule has 0 bridgehead atoms. The van der Waals surface area contributed by atoms with Gasteiger partial charge in [0.1, 0.15) is 5.69 Å². The Bertz CT molecular complexity index is 542. The number of nitrogens with two attached hydrogens (primary N) is 1. The van der Waals surface area contributed by atoms with Crippen LogP contribution in [-0.4, -0.2) is 10.9 Å². The Morgan fingerprint density at radius 3 is 2.82 bits per heavy atom. The van der Waals surface area contributed by atoms with Crippen LogP contribution in [0.2, 0.25) is 5.02 Å². The van der Waals surface area contributed by atoms with Gasteiger partial charge in [0.25, 0.3) is 5.91 Å². The number of nitrogens with one attached hydrogen (secondary N) is 2. The first-order chi connectivity index (χ1) is 8.08. The van der Waals surface area contributed by atoms with Gasteiger partial charge < -0.3 is 16.0 Å². The van der Waals surface area contributed by atoms with Gasteiger partial charge in [-0.25, -0.2) is 0 Å². The number of H-pyrrole nitrogens is 1. The van der Waals surface area contributed by atoms with Gasteiger partial charge in [-0.1, -0.05) is 23.7 Å². The van der Waals surface area contributed by atoms with Crippen molar-refractivity contribution in [3.05, 3.63) is 46.7 Å². The van der Waals surface area contributed by atoms with E-state index in [1.54, 1.807) is 18.3 Å². The third kappa shape index (κ3) is 2.42. The second kappa shape index (κ2) is 4.51. The second-order valence-corrected chi connectivity index (χ2v) is 4.14. The number of benzene rings is 1. The highest BCUT2D eigenvalue weighted by Crippen LogP contribution is 2.25. The Balaban J connectivity index is 2.24. The smallest absolute Gasteiger partial charge is 0.272 e. The van der Waals surface area contributed by atoms with Crippen molar-refractivity contribution >= 4 is 28.9 Å². The quantitative estimate of drug-likeness (QED) is 0.766. The van der Waals surface area contributed by atoms with Crippen molar-refractivity contribution in [2.24, 2.45) is 0 Å². The summed E-state index contributed by atoms with van der Waals surface area (Å²) < 4.78 is 0. The fourth-order valence-electron chi connectivity index (χ4n) is 1.51. The number of carbonyl (C=O) groups is 1. The highest BCUT2D eigenvalue weighted by molar-refractivity contribution is 6.34. The van der Waals surface area contributed by atoms with Crippen molar-refractivity contribution in [2.45, 2.75) is 6.92 Å². The first-order valence-corrected chi connectivity index (χ1v) is 5.46. The number of hydrogen-bond donors (Lipinski definition) is 3. The van der Waals surface area contributed by atoms with Crippen molar-refractivity contribution in [3.8, 4) is 0 Å². The van der Waals surface area contributed by atoms with Gasteiger partial charge >= 0.3 is 0 Å². The number of carbonyl (C=O) groups excluding carboxylic acids is 1. The predicted molar refractivity (Wildman–Crippen MR) is 69.3 cm³/mol. The van der Waals surface area contributed by atoms with Gasteiger partial charge in [-0.05, 0) is 24.6 Å². The van der Waals surface area contributed by atoms with Crippen LogP contribution in [0.3, 0.4) is 0 Å². The van der Waals surface area contributed by atoms with Crippen molar-refractivity contribution in [2.75, 3.05) is 11.1 Å². The van der Waals surface area contributed by atoms with E-state index in [2.05, 4.69) is 10.3 Å². The van der Waals surface area contributed by atoms with E-state index in [-0.39, 0.29) is 5.91 Å². The standard InChI is InChI=1S/C12H12ClN3O/c1-7-3-2-4-9(13)11(7)16-12(17)10-5-8(14)6-15-10/h2-6,15H,14H2,1H3,(H,16,17). The normalized spacial score (nSPS) is 10.2. The second-order valence-electron chi connectivity index (χ2n) is 3.73. The average Bonchev–Trinajstić information content (AvgIpc) is 2.70. The number of halogens is 1. The molecule has 0 radical (unpaired) electrons. The van der Waals surface area contributed by atoms with Crippen LogP contribution in [0.25, 0.3) is 0 Å². The Morgan fingerprint density at radius 1 is 1.47 bits per heavy atom. The number of para-hydroxylation sites is 1. The van der Waals surface area contributed by atoms with E-state index in [0.29, 0.717) is 22.1 Å². The van der Waals surface area contributed by atoms with Gasteiger partial charge in [0.15, 0.2) is 0 Å². The van der Waals surface area contributed by atoms with Gasteiger partial charge in [-0.15, -0.1) is 0 Å². The highest BCUT2D eigenvalue weighted by Gasteiger charge is 2.11. The van der Waals surface area contributed by atoms with Crippen LogP contribution in [-0.2, 0) is 0 Å². The monoisotopic (exact) mass is 249 g/mol. The van der Waals surface area contributed by atoms with Gasteiger partial charge in [0.05, 0.1) is 10.7 Å². The first-order valence-electron chi connectivity index (χ1n) is 5.08. The number of hydrogen-bond acceptors (Lipinski definition) is 2. The topological polar surface area (TPSA) is 70.9 Å². The molecule has 0 fully saturated rings. The molecule has 1 heterocycles. The van der Waals surface area contributed by atoms with Gasteiger partial charge in [-0.2, -0.15) is 0 Å². The summed E-state index contributed by atoms with van der Waals surface area (Å²) in [4.78, 5) is 14.7. The highest BCUT2D eigenvalue weighted by atomic mass is 35.5. The molecule has 0 aliphatic carbocycles. The number of anilines is 2. The van der Waals surface area contributed by atoms with Crippen LogP contribution in [0.15, 0.2) is 30.5 Å². The number of aryl methyl sites for hydroxylation is 1.